The van der Waals surface area contributed by atoms with Crippen LogP contribution in [-0.2, 0) is 0 Å². The van der Waals surface area contributed by atoms with Gasteiger partial charge in [-0.3, -0.25) is 0 Å². The van der Waals surface area contributed by atoms with E-state index in [0.717, 1.165) is 5.56 Å². The van der Waals surface area contributed by atoms with Crippen LogP contribution in [0.2, 0.25) is 0 Å². The van der Waals surface area contributed by atoms with E-state index in [1.165, 1.54) is 13.2 Å². The molecule has 0 heterocycles. The van der Waals surface area contributed by atoms with E-state index < -0.39 is 6.61 Å². The third-order valence-corrected chi connectivity index (χ3v) is 2.04. The van der Waals surface area contributed by atoms with Gasteiger partial charge in [0.05, 0.1) is 7.11 Å². The zero-order chi connectivity index (χ0) is 10.7. The first-order valence-corrected chi connectivity index (χ1v) is 4.14. The van der Waals surface area contributed by atoms with Gasteiger partial charge in [0, 0.05) is 6.07 Å². The summed E-state index contributed by atoms with van der Waals surface area (Å²) in [7, 11) is 1.48. The molecule has 0 atom stereocenters. The first-order chi connectivity index (χ1) is 6.54. The van der Waals surface area contributed by atoms with Crippen LogP contribution in [0.3, 0.4) is 0 Å². The highest BCUT2D eigenvalue weighted by Crippen LogP contribution is 2.28. The van der Waals surface area contributed by atoms with Crippen molar-refractivity contribution in [2.24, 2.45) is 0 Å². The Morgan fingerprint density at radius 3 is 2.36 bits per heavy atom. The van der Waals surface area contributed by atoms with Crippen LogP contribution in [0.15, 0.2) is 12.1 Å². The largest absolute Gasteiger partial charge is 0.497 e. The standard InChI is InChI=1S/C10H12F2O2/c1-6-4-8(13-3)5-9(7(6)2)14-10(11)12/h4-5,10H,1-3H3. The minimum atomic E-state index is -2.81. The minimum absolute atomic E-state index is 0.164. The number of ether oxygens (including phenoxy) is 2. The molecule has 0 aliphatic heterocycles. The third-order valence-electron chi connectivity index (χ3n) is 2.04. The van der Waals surface area contributed by atoms with E-state index in [4.69, 9.17) is 4.74 Å². The molecule has 0 spiro atoms. The lowest BCUT2D eigenvalue weighted by Gasteiger charge is -2.11. The quantitative estimate of drug-likeness (QED) is 0.750. The Hall–Kier alpha value is -1.32. The maximum Gasteiger partial charge on any atom is 0.387 e. The highest BCUT2D eigenvalue weighted by molar-refractivity contribution is 5.45. The number of hydrogen-bond donors (Lipinski definition) is 0. The zero-order valence-corrected chi connectivity index (χ0v) is 8.30. The number of benzene rings is 1. The Balaban J connectivity index is 3.07. The van der Waals surface area contributed by atoms with Crippen LogP contribution in [0.25, 0.3) is 0 Å². The fourth-order valence-electron chi connectivity index (χ4n) is 1.13. The van der Waals surface area contributed by atoms with E-state index in [1.807, 2.05) is 6.92 Å². The van der Waals surface area contributed by atoms with Crippen molar-refractivity contribution < 1.29 is 18.3 Å². The second kappa shape index (κ2) is 4.26. The molecule has 1 rings (SSSR count). The van der Waals surface area contributed by atoms with Crippen LogP contribution >= 0.6 is 0 Å². The van der Waals surface area contributed by atoms with Gasteiger partial charge in [-0.1, -0.05) is 0 Å². The van der Waals surface area contributed by atoms with Crippen LogP contribution in [-0.4, -0.2) is 13.7 Å². The van der Waals surface area contributed by atoms with Crippen molar-refractivity contribution in [1.29, 1.82) is 0 Å². The van der Waals surface area contributed by atoms with Crippen LogP contribution < -0.4 is 9.47 Å². The highest BCUT2D eigenvalue weighted by Gasteiger charge is 2.10. The first-order valence-electron chi connectivity index (χ1n) is 4.14. The van der Waals surface area contributed by atoms with Gasteiger partial charge in [0.1, 0.15) is 11.5 Å². The molecule has 14 heavy (non-hydrogen) atoms. The van der Waals surface area contributed by atoms with Gasteiger partial charge >= 0.3 is 6.61 Å². The molecular formula is C10H12F2O2. The second-order valence-electron chi connectivity index (χ2n) is 2.95. The maximum atomic E-state index is 12.0. The lowest BCUT2D eigenvalue weighted by Crippen LogP contribution is -2.04. The van der Waals surface area contributed by atoms with E-state index in [-0.39, 0.29) is 5.75 Å². The molecule has 0 aromatic heterocycles. The molecule has 1 aromatic carbocycles. The topological polar surface area (TPSA) is 18.5 Å². The number of alkyl halides is 2. The van der Waals surface area contributed by atoms with Gasteiger partial charge in [-0.15, -0.1) is 0 Å². The number of aryl methyl sites for hydroxylation is 1. The van der Waals surface area contributed by atoms with Crippen molar-refractivity contribution in [3.05, 3.63) is 23.3 Å². The Labute approximate surface area is 81.4 Å². The van der Waals surface area contributed by atoms with E-state index in [1.54, 1.807) is 13.0 Å². The predicted molar refractivity (Wildman–Crippen MR) is 49.1 cm³/mol. The van der Waals surface area contributed by atoms with Crippen molar-refractivity contribution in [3.63, 3.8) is 0 Å². The summed E-state index contributed by atoms with van der Waals surface area (Å²) in [6.45, 7) is 0.739. The summed E-state index contributed by atoms with van der Waals surface area (Å²) in [4.78, 5) is 0. The summed E-state index contributed by atoms with van der Waals surface area (Å²) in [5, 5.41) is 0. The van der Waals surface area contributed by atoms with Crippen LogP contribution in [0.4, 0.5) is 8.78 Å². The first kappa shape index (κ1) is 10.8. The van der Waals surface area contributed by atoms with Crippen molar-refractivity contribution in [3.8, 4) is 11.5 Å². The lowest BCUT2D eigenvalue weighted by atomic mass is 10.1. The Kier molecular flexibility index (Phi) is 3.28. The Morgan fingerprint density at radius 2 is 1.86 bits per heavy atom. The minimum Gasteiger partial charge on any atom is -0.497 e. The van der Waals surface area contributed by atoms with E-state index in [9.17, 15) is 8.78 Å². The molecule has 0 amide bonds. The summed E-state index contributed by atoms with van der Waals surface area (Å²) in [5.41, 5.74) is 1.56. The van der Waals surface area contributed by atoms with Gasteiger partial charge in [-0.2, -0.15) is 8.78 Å². The molecule has 0 radical (unpaired) electrons. The lowest BCUT2D eigenvalue weighted by molar-refractivity contribution is -0.0504. The molecule has 0 aliphatic carbocycles. The van der Waals surface area contributed by atoms with Crippen molar-refractivity contribution in [2.75, 3.05) is 7.11 Å². The summed E-state index contributed by atoms with van der Waals surface area (Å²) < 4.78 is 33.3. The third kappa shape index (κ3) is 2.34. The van der Waals surface area contributed by atoms with Gasteiger partial charge in [0.15, 0.2) is 0 Å². The molecule has 4 heteroatoms. The van der Waals surface area contributed by atoms with Gasteiger partial charge < -0.3 is 9.47 Å². The van der Waals surface area contributed by atoms with E-state index >= 15 is 0 Å². The molecule has 0 aliphatic rings. The summed E-state index contributed by atoms with van der Waals surface area (Å²) in [6, 6.07) is 3.22. The monoisotopic (exact) mass is 202 g/mol. The van der Waals surface area contributed by atoms with Crippen molar-refractivity contribution >= 4 is 0 Å². The molecule has 1 aromatic rings. The molecule has 0 bridgehead atoms. The molecule has 2 nitrogen and oxygen atoms in total. The SMILES string of the molecule is COc1cc(C)c(C)c(OC(F)F)c1. The van der Waals surface area contributed by atoms with Crippen molar-refractivity contribution in [1.82, 2.24) is 0 Å². The normalized spacial score (nSPS) is 10.4. The van der Waals surface area contributed by atoms with E-state index in [0.29, 0.717) is 11.3 Å². The predicted octanol–water partition coefficient (Wildman–Crippen LogP) is 2.91. The van der Waals surface area contributed by atoms with Crippen LogP contribution in [0.5, 0.6) is 11.5 Å². The molecule has 0 unspecified atom stereocenters. The molecule has 0 saturated carbocycles. The number of methoxy groups -OCH3 is 1. The van der Waals surface area contributed by atoms with Crippen LogP contribution in [0.1, 0.15) is 11.1 Å². The molecule has 0 fully saturated rings. The summed E-state index contributed by atoms with van der Waals surface area (Å²) in [5.74, 6) is 0.681. The van der Waals surface area contributed by atoms with Crippen molar-refractivity contribution in [2.45, 2.75) is 20.5 Å². The Bertz CT molecular complexity index is 324. The Morgan fingerprint density at radius 1 is 1.21 bits per heavy atom. The van der Waals surface area contributed by atoms with Gasteiger partial charge in [-0.05, 0) is 31.0 Å². The average molecular weight is 202 g/mol. The average Bonchev–Trinajstić information content (AvgIpc) is 2.11. The van der Waals surface area contributed by atoms with Gasteiger partial charge in [0.2, 0.25) is 0 Å². The van der Waals surface area contributed by atoms with Gasteiger partial charge in [0.25, 0.3) is 0 Å². The molecule has 0 saturated heterocycles. The smallest absolute Gasteiger partial charge is 0.387 e. The second-order valence-corrected chi connectivity index (χ2v) is 2.95. The summed E-state index contributed by atoms with van der Waals surface area (Å²) in [6.07, 6.45) is 0. The zero-order valence-electron chi connectivity index (χ0n) is 8.30. The number of rotatable bonds is 3. The molecular weight excluding hydrogens is 190 g/mol. The fourth-order valence-corrected chi connectivity index (χ4v) is 1.13. The fraction of sp³-hybridized carbons (Fsp3) is 0.400. The summed E-state index contributed by atoms with van der Waals surface area (Å²) >= 11 is 0. The molecule has 78 valence electrons. The number of hydrogen-bond acceptors (Lipinski definition) is 2. The maximum absolute atomic E-state index is 12.0. The van der Waals surface area contributed by atoms with E-state index in [2.05, 4.69) is 4.74 Å². The number of halogens is 2. The van der Waals surface area contributed by atoms with Crippen LogP contribution in [0, 0.1) is 13.8 Å². The highest BCUT2D eigenvalue weighted by atomic mass is 19.3. The molecule has 0 N–H and O–H groups in total. The van der Waals surface area contributed by atoms with Gasteiger partial charge in [-0.25, -0.2) is 0 Å².